The molecule has 2 saturated heterocycles. The van der Waals surface area contributed by atoms with Crippen LogP contribution in [0.3, 0.4) is 0 Å². The van der Waals surface area contributed by atoms with E-state index < -0.39 is 23.8 Å². The number of aryl methyl sites for hydroxylation is 1. The average molecular weight is 514 g/mol. The lowest BCUT2D eigenvalue weighted by Crippen LogP contribution is -2.49. The first-order valence-corrected chi connectivity index (χ1v) is 12.2. The number of aromatic nitrogens is 2. The Kier molecular flexibility index (Phi) is 6.82. The van der Waals surface area contributed by atoms with Crippen LogP contribution in [0.1, 0.15) is 11.3 Å². The quantitative estimate of drug-likeness (QED) is 0.534. The maximum absolute atomic E-state index is 15.6. The molecule has 0 aliphatic carbocycles. The first kappa shape index (κ1) is 25.1. The number of piperazine rings is 1. The van der Waals surface area contributed by atoms with E-state index in [9.17, 15) is 9.59 Å². The third-order valence-corrected chi connectivity index (χ3v) is 6.86. The minimum Gasteiger partial charge on any atom is -0.453 e. The van der Waals surface area contributed by atoms with Crippen molar-refractivity contribution in [2.75, 3.05) is 58.4 Å². The van der Waals surface area contributed by atoms with E-state index in [1.165, 1.54) is 24.1 Å². The smallest absolute Gasteiger partial charge is 0.409 e. The van der Waals surface area contributed by atoms with Gasteiger partial charge in [0.25, 0.3) is 0 Å². The Bertz CT molecular complexity index is 1340. The van der Waals surface area contributed by atoms with Gasteiger partial charge in [0.15, 0.2) is 0 Å². The SMILES string of the molecule is COC(=O)N1CCOC(Cc2c(-c3c(F)cc(N4CCN(C)CC4=O)cc3F)nc3cc(C)ccn23)C1. The number of ether oxygens (including phenoxy) is 2. The summed E-state index contributed by atoms with van der Waals surface area (Å²) in [5, 5.41) is 0. The second kappa shape index (κ2) is 10.1. The maximum atomic E-state index is 15.6. The Labute approximate surface area is 213 Å². The molecule has 2 amide bonds. The number of fused-ring (bicyclic) bond motifs is 1. The second-order valence-electron chi connectivity index (χ2n) is 9.52. The van der Waals surface area contributed by atoms with Gasteiger partial charge in [0, 0.05) is 37.9 Å². The first-order valence-electron chi connectivity index (χ1n) is 12.2. The van der Waals surface area contributed by atoms with Crippen LogP contribution in [0.15, 0.2) is 30.5 Å². The minimum absolute atomic E-state index is 0.163. The van der Waals surface area contributed by atoms with Crippen molar-refractivity contribution in [3.63, 3.8) is 0 Å². The molecule has 9 nitrogen and oxygen atoms in total. The zero-order valence-electron chi connectivity index (χ0n) is 21.0. The maximum Gasteiger partial charge on any atom is 0.409 e. The van der Waals surface area contributed by atoms with Crippen molar-refractivity contribution in [1.29, 1.82) is 0 Å². The van der Waals surface area contributed by atoms with E-state index in [0.717, 1.165) is 5.56 Å². The third-order valence-electron chi connectivity index (χ3n) is 6.86. The fourth-order valence-corrected chi connectivity index (χ4v) is 4.95. The number of anilines is 1. The van der Waals surface area contributed by atoms with Crippen LogP contribution in [-0.4, -0.2) is 90.8 Å². The Morgan fingerprint density at radius 2 is 1.95 bits per heavy atom. The number of amides is 2. The van der Waals surface area contributed by atoms with Gasteiger partial charge in [-0.25, -0.2) is 18.6 Å². The number of pyridine rings is 1. The molecule has 2 aliphatic heterocycles. The van der Waals surface area contributed by atoms with Gasteiger partial charge in [0.05, 0.1) is 49.9 Å². The molecular weight excluding hydrogens is 484 g/mol. The van der Waals surface area contributed by atoms with Gasteiger partial charge in [0.1, 0.15) is 17.3 Å². The highest BCUT2D eigenvalue weighted by Gasteiger charge is 2.30. The summed E-state index contributed by atoms with van der Waals surface area (Å²) in [7, 11) is 3.15. The molecule has 11 heteroatoms. The topological polar surface area (TPSA) is 79.6 Å². The number of likely N-dealkylation sites (N-methyl/N-ethyl adjacent to an activating group) is 1. The highest BCUT2D eigenvalue weighted by Crippen LogP contribution is 2.34. The highest BCUT2D eigenvalue weighted by molar-refractivity contribution is 5.95. The van der Waals surface area contributed by atoms with Gasteiger partial charge in [0.2, 0.25) is 5.91 Å². The normalized spacial score (nSPS) is 19.1. The fourth-order valence-electron chi connectivity index (χ4n) is 4.95. The first-order chi connectivity index (χ1) is 17.7. The molecule has 4 heterocycles. The Balaban J connectivity index is 1.54. The highest BCUT2D eigenvalue weighted by atomic mass is 19.1. The molecule has 3 aromatic rings. The van der Waals surface area contributed by atoms with Crippen molar-refractivity contribution in [3.8, 4) is 11.3 Å². The van der Waals surface area contributed by atoms with Crippen molar-refractivity contribution in [2.45, 2.75) is 19.4 Å². The summed E-state index contributed by atoms with van der Waals surface area (Å²) in [5.41, 5.74) is 2.14. The molecule has 1 aromatic carbocycles. The lowest BCUT2D eigenvalue weighted by atomic mass is 10.0. The lowest BCUT2D eigenvalue weighted by molar-refractivity contribution is -0.120. The van der Waals surface area contributed by atoms with Crippen molar-refractivity contribution in [2.24, 2.45) is 0 Å². The molecule has 1 atom stereocenters. The van der Waals surface area contributed by atoms with Crippen molar-refractivity contribution in [3.05, 3.63) is 53.4 Å². The Morgan fingerprint density at radius 1 is 1.19 bits per heavy atom. The van der Waals surface area contributed by atoms with Crippen LogP contribution >= 0.6 is 0 Å². The zero-order valence-corrected chi connectivity index (χ0v) is 21.0. The lowest BCUT2D eigenvalue weighted by Gasteiger charge is -2.32. The van der Waals surface area contributed by atoms with Crippen LogP contribution in [0.5, 0.6) is 0 Å². The molecule has 2 aromatic heterocycles. The molecule has 0 spiro atoms. The number of hydrogen-bond acceptors (Lipinski definition) is 6. The number of morpholine rings is 1. The molecule has 1 unspecified atom stereocenters. The molecule has 0 bridgehead atoms. The molecule has 2 fully saturated rings. The van der Waals surface area contributed by atoms with Gasteiger partial charge in [-0.15, -0.1) is 0 Å². The van der Waals surface area contributed by atoms with E-state index in [4.69, 9.17) is 9.47 Å². The van der Waals surface area contributed by atoms with E-state index in [1.54, 1.807) is 9.30 Å². The summed E-state index contributed by atoms with van der Waals surface area (Å²) in [6, 6.07) is 6.11. The minimum atomic E-state index is -0.802. The summed E-state index contributed by atoms with van der Waals surface area (Å²) >= 11 is 0. The third kappa shape index (κ3) is 4.88. The van der Waals surface area contributed by atoms with Crippen molar-refractivity contribution >= 4 is 23.3 Å². The predicted octanol–water partition coefficient (Wildman–Crippen LogP) is 2.88. The summed E-state index contributed by atoms with van der Waals surface area (Å²) < 4.78 is 43.7. The van der Waals surface area contributed by atoms with Crippen LogP contribution in [0.25, 0.3) is 16.9 Å². The van der Waals surface area contributed by atoms with E-state index in [1.807, 2.05) is 37.2 Å². The number of methoxy groups -OCH3 is 1. The van der Waals surface area contributed by atoms with Crippen LogP contribution in [0, 0.1) is 18.6 Å². The van der Waals surface area contributed by atoms with Gasteiger partial charge in [-0.1, -0.05) is 0 Å². The number of nitrogens with zero attached hydrogens (tertiary/aromatic N) is 5. The Morgan fingerprint density at radius 3 is 2.65 bits per heavy atom. The molecule has 2 aliphatic rings. The molecule has 5 rings (SSSR count). The standard InChI is InChI=1S/C26H29F2N5O4/c1-16-4-5-33-21(13-18-14-31(8-9-37-18)26(35)36-3)25(29-22(33)10-16)24-19(27)11-17(12-20(24)28)32-7-6-30(2)15-23(32)34/h4-5,10-12,18H,6-9,13-15H2,1-3H3. The van der Waals surface area contributed by atoms with Crippen LogP contribution in [-0.2, 0) is 20.7 Å². The number of halogens is 2. The Hall–Kier alpha value is -3.57. The number of hydrogen-bond donors (Lipinski definition) is 0. The molecule has 0 saturated carbocycles. The van der Waals surface area contributed by atoms with Crippen molar-refractivity contribution < 1.29 is 27.8 Å². The average Bonchev–Trinajstić information content (AvgIpc) is 3.19. The predicted molar refractivity (Wildman–Crippen MR) is 133 cm³/mol. The largest absolute Gasteiger partial charge is 0.453 e. The monoisotopic (exact) mass is 513 g/mol. The van der Waals surface area contributed by atoms with Crippen LogP contribution in [0.2, 0.25) is 0 Å². The van der Waals surface area contributed by atoms with E-state index >= 15 is 8.78 Å². The van der Waals surface area contributed by atoms with Gasteiger partial charge >= 0.3 is 6.09 Å². The summed E-state index contributed by atoms with van der Waals surface area (Å²) in [4.78, 5) is 33.9. The zero-order chi connectivity index (χ0) is 26.3. The van der Waals surface area contributed by atoms with Gasteiger partial charge in [-0.2, -0.15) is 0 Å². The molecular formula is C26H29F2N5O4. The number of carbonyl (C=O) groups is 2. The van der Waals surface area contributed by atoms with Gasteiger partial charge in [-0.05, 0) is 43.8 Å². The molecule has 0 N–H and O–H groups in total. The summed E-state index contributed by atoms with van der Waals surface area (Å²) in [6.45, 7) is 4.05. The fraction of sp³-hybridized carbons (Fsp3) is 0.423. The number of carbonyl (C=O) groups excluding carboxylic acids is 2. The van der Waals surface area contributed by atoms with Crippen molar-refractivity contribution in [1.82, 2.24) is 19.2 Å². The second-order valence-corrected chi connectivity index (χ2v) is 9.52. The molecule has 37 heavy (non-hydrogen) atoms. The number of rotatable bonds is 4. The molecule has 0 radical (unpaired) electrons. The number of imidazole rings is 1. The van der Waals surface area contributed by atoms with Gasteiger partial charge < -0.3 is 23.7 Å². The van der Waals surface area contributed by atoms with E-state index in [-0.39, 0.29) is 42.4 Å². The number of benzene rings is 1. The van der Waals surface area contributed by atoms with Crippen LogP contribution in [0.4, 0.5) is 19.3 Å². The molecule has 196 valence electrons. The van der Waals surface area contributed by atoms with Gasteiger partial charge in [-0.3, -0.25) is 9.69 Å². The van der Waals surface area contributed by atoms with E-state index in [2.05, 4.69) is 4.98 Å². The summed E-state index contributed by atoms with van der Waals surface area (Å²) in [6.07, 6.45) is 1.21. The van der Waals surface area contributed by atoms with Crippen LogP contribution < -0.4 is 4.90 Å². The summed E-state index contributed by atoms with van der Waals surface area (Å²) in [5.74, 6) is -1.82. The van der Waals surface area contributed by atoms with E-state index in [0.29, 0.717) is 37.6 Å².